The van der Waals surface area contributed by atoms with Gasteiger partial charge in [-0.25, -0.2) is 8.42 Å². The largest absolute Gasteiger partial charge is 0.497 e. The van der Waals surface area contributed by atoms with Crippen molar-refractivity contribution in [2.24, 2.45) is 0 Å². The predicted molar refractivity (Wildman–Crippen MR) is 137 cm³/mol. The minimum absolute atomic E-state index is 0.0624. The molecule has 0 spiro atoms. The number of hydrogen-bond acceptors (Lipinski definition) is 6. The second-order valence-electron chi connectivity index (χ2n) is 8.66. The highest BCUT2D eigenvalue weighted by atomic mass is 32.2. The van der Waals surface area contributed by atoms with Crippen molar-refractivity contribution in [1.82, 2.24) is 9.21 Å². The topological polar surface area (TPSA) is 70.2 Å². The summed E-state index contributed by atoms with van der Waals surface area (Å²) in [6.07, 6.45) is 6.18. The summed E-state index contributed by atoms with van der Waals surface area (Å²) in [4.78, 5) is 18.4. The van der Waals surface area contributed by atoms with Crippen LogP contribution >= 0.6 is 11.8 Å². The zero-order valence-corrected chi connectivity index (χ0v) is 21.5. The Morgan fingerprint density at radius 3 is 2.12 bits per heavy atom. The maximum atomic E-state index is 13.5. The van der Waals surface area contributed by atoms with Crippen molar-refractivity contribution in [2.75, 3.05) is 57.5 Å². The first-order valence-electron chi connectivity index (χ1n) is 11.8. The number of hydrogen-bond donors (Lipinski definition) is 0. The van der Waals surface area contributed by atoms with Crippen molar-refractivity contribution in [2.45, 2.75) is 35.5 Å². The number of nitrogens with zero attached hydrogens (tertiary/aromatic N) is 3. The van der Waals surface area contributed by atoms with Crippen LogP contribution in [0.15, 0.2) is 52.3 Å². The standard InChI is InChI=1S/C25H33N3O4S2/c1-32-21-9-7-20(8-10-21)26-15-17-28(18-16-26)34(30,31)22-11-12-24(33-2)23(19-22)25(29)27-13-5-3-4-6-14-27/h7-12,19H,3-6,13-18H2,1-2H3. The molecule has 2 fully saturated rings. The number of rotatable bonds is 6. The van der Waals surface area contributed by atoms with Gasteiger partial charge in [-0.15, -0.1) is 11.8 Å². The monoisotopic (exact) mass is 503 g/mol. The zero-order valence-electron chi connectivity index (χ0n) is 19.9. The SMILES string of the molecule is COc1ccc(N2CCN(S(=O)(=O)c3ccc(SC)c(C(=O)N4CCCCCC4)c3)CC2)cc1. The number of benzene rings is 2. The number of piperazine rings is 1. The van der Waals surface area contributed by atoms with E-state index in [-0.39, 0.29) is 10.8 Å². The molecule has 2 aromatic carbocycles. The highest BCUT2D eigenvalue weighted by Crippen LogP contribution is 2.28. The molecule has 0 aliphatic carbocycles. The van der Waals surface area contributed by atoms with Gasteiger partial charge in [0.1, 0.15) is 5.75 Å². The Hall–Kier alpha value is -2.23. The summed E-state index contributed by atoms with van der Waals surface area (Å²) in [6.45, 7) is 3.47. The fourth-order valence-corrected chi connectivity index (χ4v) is 6.61. The first-order valence-corrected chi connectivity index (χ1v) is 14.5. The van der Waals surface area contributed by atoms with Crippen LogP contribution in [0.25, 0.3) is 0 Å². The highest BCUT2D eigenvalue weighted by Gasteiger charge is 2.30. The predicted octanol–water partition coefficient (Wildman–Crippen LogP) is 3.94. The molecule has 0 aromatic heterocycles. The van der Waals surface area contributed by atoms with Gasteiger partial charge in [0.25, 0.3) is 5.91 Å². The lowest BCUT2D eigenvalue weighted by molar-refractivity contribution is 0.0758. The van der Waals surface area contributed by atoms with Crippen LogP contribution < -0.4 is 9.64 Å². The molecule has 7 nitrogen and oxygen atoms in total. The molecule has 0 N–H and O–H groups in total. The van der Waals surface area contributed by atoms with Crippen molar-refractivity contribution in [3.05, 3.63) is 48.0 Å². The van der Waals surface area contributed by atoms with E-state index in [9.17, 15) is 13.2 Å². The number of carbonyl (C=O) groups excluding carboxylic acids is 1. The van der Waals surface area contributed by atoms with Crippen LogP contribution in [0.4, 0.5) is 5.69 Å². The molecule has 2 saturated heterocycles. The molecule has 184 valence electrons. The molecule has 4 rings (SSSR count). The summed E-state index contributed by atoms with van der Waals surface area (Å²) in [7, 11) is -2.05. The van der Waals surface area contributed by atoms with Crippen LogP contribution in [-0.4, -0.2) is 76.2 Å². The number of amides is 1. The third-order valence-electron chi connectivity index (χ3n) is 6.61. The van der Waals surface area contributed by atoms with E-state index < -0.39 is 10.0 Å². The maximum Gasteiger partial charge on any atom is 0.255 e. The van der Waals surface area contributed by atoms with Crippen molar-refractivity contribution in [3.63, 3.8) is 0 Å². The Kier molecular flexibility index (Phi) is 8.06. The van der Waals surface area contributed by atoms with E-state index in [1.54, 1.807) is 25.3 Å². The lowest BCUT2D eigenvalue weighted by atomic mass is 10.2. The van der Waals surface area contributed by atoms with Crippen molar-refractivity contribution >= 4 is 33.4 Å². The summed E-state index contributed by atoms with van der Waals surface area (Å²) >= 11 is 1.48. The Labute approximate surface area is 207 Å². The Balaban J connectivity index is 1.50. The normalized spacial score (nSPS) is 17.9. The summed E-state index contributed by atoms with van der Waals surface area (Å²) in [5.74, 6) is 0.733. The van der Waals surface area contributed by atoms with Gasteiger partial charge in [-0.3, -0.25) is 4.79 Å². The van der Waals surface area contributed by atoms with Crippen molar-refractivity contribution in [1.29, 1.82) is 0 Å². The molecule has 0 bridgehead atoms. The molecule has 0 unspecified atom stereocenters. The molecule has 9 heteroatoms. The van der Waals surface area contributed by atoms with Crippen LogP contribution in [0.5, 0.6) is 5.75 Å². The van der Waals surface area contributed by atoms with Crippen LogP contribution in [0.3, 0.4) is 0 Å². The zero-order chi connectivity index (χ0) is 24.1. The van der Waals surface area contributed by atoms with Crippen molar-refractivity contribution in [3.8, 4) is 5.75 Å². The van der Waals surface area contributed by atoms with E-state index in [1.807, 2.05) is 35.4 Å². The Bertz CT molecular complexity index is 1090. The number of sulfonamides is 1. The van der Waals surface area contributed by atoms with E-state index in [0.717, 1.165) is 55.1 Å². The van der Waals surface area contributed by atoms with E-state index in [4.69, 9.17) is 4.74 Å². The fraction of sp³-hybridized carbons (Fsp3) is 0.480. The molecule has 0 atom stereocenters. The highest BCUT2D eigenvalue weighted by molar-refractivity contribution is 7.98. The van der Waals surface area contributed by atoms with Gasteiger partial charge in [-0.2, -0.15) is 4.31 Å². The first kappa shape index (κ1) is 24.9. The lowest BCUT2D eigenvalue weighted by Crippen LogP contribution is -2.48. The number of thioether (sulfide) groups is 1. The number of anilines is 1. The summed E-state index contributed by atoms with van der Waals surface area (Å²) in [5.41, 5.74) is 1.54. The minimum atomic E-state index is -3.69. The molecular formula is C25H33N3O4S2. The van der Waals surface area contributed by atoms with Gasteiger partial charge in [0.15, 0.2) is 0 Å². The molecular weight excluding hydrogens is 470 g/mol. The van der Waals surface area contributed by atoms with E-state index >= 15 is 0 Å². The van der Waals surface area contributed by atoms with E-state index in [2.05, 4.69) is 4.90 Å². The van der Waals surface area contributed by atoms with Crippen LogP contribution in [0.1, 0.15) is 36.0 Å². The maximum absolute atomic E-state index is 13.5. The third-order valence-corrected chi connectivity index (χ3v) is 9.30. The van der Waals surface area contributed by atoms with Crippen LogP contribution in [0, 0.1) is 0 Å². The average Bonchev–Trinajstić information content (AvgIpc) is 3.18. The molecule has 2 aliphatic heterocycles. The number of ether oxygens (including phenoxy) is 1. The number of carbonyl (C=O) groups is 1. The van der Waals surface area contributed by atoms with Gasteiger partial charge in [0.05, 0.1) is 17.6 Å². The first-order chi connectivity index (χ1) is 16.4. The molecule has 1 amide bonds. The van der Waals surface area contributed by atoms with Gasteiger partial charge in [-0.05, 0) is 61.6 Å². The fourth-order valence-electron chi connectivity index (χ4n) is 4.59. The van der Waals surface area contributed by atoms with Crippen LogP contribution in [0.2, 0.25) is 0 Å². The van der Waals surface area contributed by atoms with Gasteiger partial charge < -0.3 is 14.5 Å². The Morgan fingerprint density at radius 1 is 0.882 bits per heavy atom. The number of methoxy groups -OCH3 is 1. The second-order valence-corrected chi connectivity index (χ2v) is 11.4. The van der Waals surface area contributed by atoms with Gasteiger partial charge in [0, 0.05) is 49.9 Å². The quantitative estimate of drug-likeness (QED) is 0.556. The van der Waals surface area contributed by atoms with Crippen LogP contribution in [-0.2, 0) is 10.0 Å². The smallest absolute Gasteiger partial charge is 0.255 e. The van der Waals surface area contributed by atoms with E-state index in [1.165, 1.54) is 16.1 Å². The average molecular weight is 504 g/mol. The molecule has 0 radical (unpaired) electrons. The van der Waals surface area contributed by atoms with Gasteiger partial charge in [-0.1, -0.05) is 12.8 Å². The van der Waals surface area contributed by atoms with Gasteiger partial charge in [0.2, 0.25) is 10.0 Å². The molecule has 0 saturated carbocycles. The van der Waals surface area contributed by atoms with E-state index in [0.29, 0.717) is 31.7 Å². The number of likely N-dealkylation sites (tertiary alicyclic amines) is 1. The minimum Gasteiger partial charge on any atom is -0.497 e. The van der Waals surface area contributed by atoms with Crippen molar-refractivity contribution < 1.29 is 17.9 Å². The lowest BCUT2D eigenvalue weighted by Gasteiger charge is -2.35. The summed E-state index contributed by atoms with van der Waals surface area (Å²) in [5, 5.41) is 0. The second kappa shape index (κ2) is 11.0. The molecule has 2 heterocycles. The summed E-state index contributed by atoms with van der Waals surface area (Å²) < 4.78 is 33.7. The van der Waals surface area contributed by atoms with Gasteiger partial charge >= 0.3 is 0 Å². The molecule has 2 aromatic rings. The summed E-state index contributed by atoms with van der Waals surface area (Å²) in [6, 6.07) is 12.8. The molecule has 34 heavy (non-hydrogen) atoms. The molecule has 2 aliphatic rings. The Morgan fingerprint density at radius 2 is 1.53 bits per heavy atom. The third kappa shape index (κ3) is 5.37.